The Balaban J connectivity index is 2.81. The molecule has 1 aromatic heterocycles. The number of aromatic amines is 1. The molecule has 13 heavy (non-hydrogen) atoms. The fourth-order valence-electron chi connectivity index (χ4n) is 1.68. The topological polar surface area (TPSA) is 36.0 Å². The summed E-state index contributed by atoms with van der Waals surface area (Å²) in [5.41, 5.74) is 3.28. The molecule has 0 aliphatic heterocycles. The second-order valence-electron chi connectivity index (χ2n) is 3.30. The van der Waals surface area contributed by atoms with Crippen LogP contribution in [0, 0.1) is 6.92 Å². The van der Waals surface area contributed by atoms with Crippen LogP contribution in [0.2, 0.25) is 0 Å². The number of rotatable bonds is 1. The van der Waals surface area contributed by atoms with Gasteiger partial charge in [0.15, 0.2) is 0 Å². The summed E-state index contributed by atoms with van der Waals surface area (Å²) in [4.78, 5) is 3.19. The van der Waals surface area contributed by atoms with Crippen molar-refractivity contribution in [3.8, 4) is 5.75 Å². The van der Waals surface area contributed by atoms with Crippen molar-refractivity contribution >= 4 is 10.9 Å². The Morgan fingerprint density at radius 1 is 1.38 bits per heavy atom. The number of fused-ring (bicyclic) bond motifs is 1. The average molecular weight is 175 g/mol. The predicted octanol–water partition coefficient (Wildman–Crippen LogP) is 2.74. The van der Waals surface area contributed by atoms with Crippen molar-refractivity contribution in [1.82, 2.24) is 4.98 Å². The van der Waals surface area contributed by atoms with E-state index in [0.29, 0.717) is 5.75 Å². The van der Waals surface area contributed by atoms with Crippen molar-refractivity contribution in [3.05, 3.63) is 29.5 Å². The summed E-state index contributed by atoms with van der Waals surface area (Å²) in [5.74, 6) is 0.358. The Hall–Kier alpha value is -1.44. The third-order valence-corrected chi connectivity index (χ3v) is 2.55. The zero-order valence-electron chi connectivity index (χ0n) is 7.89. The van der Waals surface area contributed by atoms with Crippen molar-refractivity contribution in [3.63, 3.8) is 0 Å². The minimum absolute atomic E-state index is 0.358. The highest BCUT2D eigenvalue weighted by Crippen LogP contribution is 2.27. The second-order valence-corrected chi connectivity index (χ2v) is 3.30. The van der Waals surface area contributed by atoms with Gasteiger partial charge in [-0.1, -0.05) is 6.92 Å². The first-order valence-corrected chi connectivity index (χ1v) is 4.52. The maximum absolute atomic E-state index is 9.48. The lowest BCUT2D eigenvalue weighted by molar-refractivity contribution is 0.472. The van der Waals surface area contributed by atoms with Crippen LogP contribution in [0.3, 0.4) is 0 Å². The number of nitrogens with one attached hydrogen (secondary N) is 1. The smallest absolute Gasteiger partial charge is 0.120 e. The Morgan fingerprint density at radius 3 is 2.85 bits per heavy atom. The molecule has 0 saturated heterocycles. The summed E-state index contributed by atoms with van der Waals surface area (Å²) in [5, 5.41) is 10.7. The predicted molar refractivity (Wildman–Crippen MR) is 54.1 cm³/mol. The van der Waals surface area contributed by atoms with E-state index >= 15 is 0 Å². The van der Waals surface area contributed by atoms with Crippen LogP contribution in [0.1, 0.15) is 18.1 Å². The maximum atomic E-state index is 9.48. The van der Waals surface area contributed by atoms with Gasteiger partial charge < -0.3 is 10.1 Å². The quantitative estimate of drug-likeness (QED) is 0.686. The van der Waals surface area contributed by atoms with Crippen molar-refractivity contribution in [1.29, 1.82) is 0 Å². The van der Waals surface area contributed by atoms with E-state index in [0.717, 1.165) is 17.5 Å². The van der Waals surface area contributed by atoms with Crippen LogP contribution in [-0.2, 0) is 6.42 Å². The molecule has 68 valence electrons. The largest absolute Gasteiger partial charge is 0.508 e. The molecule has 0 radical (unpaired) electrons. The molecular weight excluding hydrogens is 162 g/mol. The lowest BCUT2D eigenvalue weighted by Crippen LogP contribution is -1.79. The van der Waals surface area contributed by atoms with Crippen molar-refractivity contribution in [2.24, 2.45) is 0 Å². The number of aryl methyl sites for hydroxylation is 2. The number of phenols is 1. The molecule has 1 heterocycles. The number of aromatic hydroxyl groups is 1. The molecule has 0 fully saturated rings. The molecule has 0 aliphatic carbocycles. The van der Waals surface area contributed by atoms with E-state index < -0.39 is 0 Å². The van der Waals surface area contributed by atoms with Crippen molar-refractivity contribution in [2.75, 3.05) is 0 Å². The van der Waals surface area contributed by atoms with Gasteiger partial charge in [-0.3, -0.25) is 0 Å². The van der Waals surface area contributed by atoms with Crippen LogP contribution in [0.5, 0.6) is 5.75 Å². The van der Waals surface area contributed by atoms with Gasteiger partial charge in [0, 0.05) is 17.1 Å². The zero-order chi connectivity index (χ0) is 9.42. The van der Waals surface area contributed by atoms with Crippen LogP contribution < -0.4 is 0 Å². The highest BCUT2D eigenvalue weighted by atomic mass is 16.3. The van der Waals surface area contributed by atoms with Gasteiger partial charge in [-0.05, 0) is 31.0 Å². The van der Waals surface area contributed by atoms with Gasteiger partial charge in [0.25, 0.3) is 0 Å². The Morgan fingerprint density at radius 2 is 2.15 bits per heavy atom. The van der Waals surface area contributed by atoms with Gasteiger partial charge in [0.2, 0.25) is 0 Å². The molecule has 0 saturated carbocycles. The Bertz CT molecular complexity index is 443. The van der Waals surface area contributed by atoms with Crippen LogP contribution in [0.25, 0.3) is 10.9 Å². The van der Waals surface area contributed by atoms with Crippen LogP contribution in [0.15, 0.2) is 18.3 Å². The normalized spacial score (nSPS) is 10.9. The Kier molecular flexibility index (Phi) is 1.76. The number of H-pyrrole nitrogens is 1. The van der Waals surface area contributed by atoms with Crippen molar-refractivity contribution < 1.29 is 5.11 Å². The average Bonchev–Trinajstić information content (AvgIpc) is 2.55. The summed E-state index contributed by atoms with van der Waals surface area (Å²) < 4.78 is 0. The SMILES string of the molecule is CCc1c[nH]c2c(C)c(O)ccc12. The molecule has 2 rings (SSSR count). The fraction of sp³-hybridized carbons (Fsp3) is 0.273. The molecule has 0 aliphatic rings. The molecule has 2 heteroatoms. The molecule has 2 N–H and O–H groups in total. The minimum atomic E-state index is 0.358. The number of aromatic nitrogens is 1. The van der Waals surface area contributed by atoms with Gasteiger partial charge in [-0.25, -0.2) is 0 Å². The molecule has 2 nitrogen and oxygen atoms in total. The highest BCUT2D eigenvalue weighted by Gasteiger charge is 2.06. The van der Waals surface area contributed by atoms with Crippen LogP contribution in [0.4, 0.5) is 0 Å². The van der Waals surface area contributed by atoms with E-state index in [2.05, 4.69) is 11.9 Å². The van der Waals surface area contributed by atoms with E-state index in [-0.39, 0.29) is 0 Å². The Labute approximate surface area is 77.2 Å². The van der Waals surface area contributed by atoms with Crippen LogP contribution in [-0.4, -0.2) is 10.1 Å². The lowest BCUT2D eigenvalue weighted by atomic mass is 10.1. The summed E-state index contributed by atoms with van der Waals surface area (Å²) >= 11 is 0. The number of benzene rings is 1. The van der Waals surface area contributed by atoms with E-state index in [4.69, 9.17) is 0 Å². The van der Waals surface area contributed by atoms with E-state index in [1.54, 1.807) is 6.07 Å². The van der Waals surface area contributed by atoms with Gasteiger partial charge in [0.05, 0.1) is 5.52 Å². The van der Waals surface area contributed by atoms with E-state index in [1.165, 1.54) is 10.9 Å². The first kappa shape index (κ1) is 8.17. The summed E-state index contributed by atoms with van der Waals surface area (Å²) in [6.07, 6.45) is 3.03. The first-order chi connectivity index (χ1) is 6.24. The summed E-state index contributed by atoms with van der Waals surface area (Å²) in [7, 11) is 0. The molecule has 1 aromatic carbocycles. The van der Waals surface area contributed by atoms with Gasteiger partial charge in [-0.15, -0.1) is 0 Å². The molecule has 0 spiro atoms. The molecule has 0 bridgehead atoms. The lowest BCUT2D eigenvalue weighted by Gasteiger charge is -2.00. The summed E-state index contributed by atoms with van der Waals surface area (Å²) in [6, 6.07) is 3.72. The van der Waals surface area contributed by atoms with E-state index in [9.17, 15) is 5.11 Å². The third-order valence-electron chi connectivity index (χ3n) is 2.55. The monoisotopic (exact) mass is 175 g/mol. The third kappa shape index (κ3) is 1.10. The standard InChI is InChI=1S/C11H13NO/c1-3-8-6-12-11-7(2)10(13)5-4-9(8)11/h4-6,12-13H,3H2,1-2H3. The van der Waals surface area contributed by atoms with E-state index in [1.807, 2.05) is 19.2 Å². The van der Waals surface area contributed by atoms with Gasteiger partial charge >= 0.3 is 0 Å². The molecule has 0 unspecified atom stereocenters. The highest BCUT2D eigenvalue weighted by molar-refractivity contribution is 5.87. The molecular formula is C11H13NO. The fourth-order valence-corrected chi connectivity index (χ4v) is 1.68. The van der Waals surface area contributed by atoms with Crippen LogP contribution >= 0.6 is 0 Å². The van der Waals surface area contributed by atoms with Gasteiger partial charge in [-0.2, -0.15) is 0 Å². The minimum Gasteiger partial charge on any atom is -0.508 e. The van der Waals surface area contributed by atoms with Crippen molar-refractivity contribution in [2.45, 2.75) is 20.3 Å². The number of hydrogen-bond acceptors (Lipinski definition) is 1. The first-order valence-electron chi connectivity index (χ1n) is 4.52. The maximum Gasteiger partial charge on any atom is 0.120 e. The second kappa shape index (κ2) is 2.80. The molecule has 0 atom stereocenters. The number of phenolic OH excluding ortho intramolecular Hbond substituents is 1. The van der Waals surface area contributed by atoms with Gasteiger partial charge in [0.1, 0.15) is 5.75 Å². The summed E-state index contributed by atoms with van der Waals surface area (Å²) in [6.45, 7) is 4.05. The number of hydrogen-bond donors (Lipinski definition) is 2. The molecule has 2 aromatic rings. The zero-order valence-corrected chi connectivity index (χ0v) is 7.89. The molecule has 0 amide bonds.